The lowest BCUT2D eigenvalue weighted by molar-refractivity contribution is -0.139. The first-order chi connectivity index (χ1) is 15.9. The fraction of sp³-hybridized carbons (Fsp3) is 0.625. The summed E-state index contributed by atoms with van der Waals surface area (Å²) in [7, 11) is 0. The van der Waals surface area contributed by atoms with E-state index in [0.717, 1.165) is 31.2 Å². The van der Waals surface area contributed by atoms with E-state index in [0.29, 0.717) is 43.9 Å². The number of nitrogens with one attached hydrogen (secondary N) is 1. The fourth-order valence-electron chi connectivity index (χ4n) is 3.67. The Morgan fingerprint density at radius 2 is 1.97 bits per heavy atom. The smallest absolute Gasteiger partial charge is 0.324 e. The molecule has 0 aliphatic carbocycles. The highest BCUT2D eigenvalue weighted by Crippen LogP contribution is 2.23. The molecule has 8 nitrogen and oxygen atoms in total. The molecule has 1 aliphatic heterocycles. The maximum atomic E-state index is 13.0. The van der Waals surface area contributed by atoms with Crippen LogP contribution in [-0.2, 0) is 4.79 Å². The van der Waals surface area contributed by atoms with Crippen LogP contribution in [0.1, 0.15) is 62.4 Å². The predicted molar refractivity (Wildman–Crippen MR) is 126 cm³/mol. The number of nitrogens with two attached hydrogens (primary N) is 1. The van der Waals surface area contributed by atoms with Gasteiger partial charge in [-0.2, -0.15) is 13.8 Å². The van der Waals surface area contributed by atoms with Gasteiger partial charge in [-0.05, 0) is 76.1 Å². The van der Waals surface area contributed by atoms with Crippen molar-refractivity contribution in [3.8, 4) is 5.75 Å². The van der Waals surface area contributed by atoms with Crippen LogP contribution in [0.4, 0.5) is 8.78 Å². The van der Waals surface area contributed by atoms with E-state index < -0.39 is 17.9 Å². The molecule has 1 aromatic rings. The van der Waals surface area contributed by atoms with Crippen LogP contribution in [0.3, 0.4) is 0 Å². The SMILES string of the molecule is Cc1cc(OCCCC2CCN(C(N)=NC(=O)C(C)(F)F)CC2)ccc1C(=O)NC(C)C(C)O. The Kier molecular flexibility index (Phi) is 9.78. The minimum atomic E-state index is -3.52. The van der Waals surface area contributed by atoms with Crippen LogP contribution in [-0.4, -0.2) is 65.5 Å². The lowest BCUT2D eigenvalue weighted by atomic mass is 9.92. The highest BCUT2D eigenvalue weighted by atomic mass is 19.3. The first-order valence-corrected chi connectivity index (χ1v) is 11.6. The summed E-state index contributed by atoms with van der Waals surface area (Å²) in [5.41, 5.74) is 7.05. The Hall–Kier alpha value is -2.75. The molecule has 1 fully saturated rings. The number of benzene rings is 1. The number of carbonyl (C=O) groups is 2. The summed E-state index contributed by atoms with van der Waals surface area (Å²) >= 11 is 0. The van der Waals surface area contributed by atoms with Gasteiger partial charge < -0.3 is 25.8 Å². The van der Waals surface area contributed by atoms with Crippen LogP contribution in [0, 0.1) is 12.8 Å². The topological polar surface area (TPSA) is 117 Å². The number of guanidine groups is 1. The normalized spacial score (nSPS) is 17.3. The first-order valence-electron chi connectivity index (χ1n) is 11.6. The molecule has 0 bridgehead atoms. The highest BCUT2D eigenvalue weighted by Gasteiger charge is 2.33. The van der Waals surface area contributed by atoms with Gasteiger partial charge in [0.25, 0.3) is 5.91 Å². The molecule has 0 saturated carbocycles. The standard InChI is InChI=1S/C24H36F2N4O4/c1-15-14-19(7-8-20(15)21(32)28-16(2)17(3)31)34-13-5-6-18-9-11-30(12-10-18)23(27)29-22(33)24(4,25)26/h7-8,14,16-18,31H,5-6,9-13H2,1-4H3,(H,28,32)(H2,27,29,33). The second-order valence-electron chi connectivity index (χ2n) is 9.06. The minimum absolute atomic E-state index is 0.152. The summed E-state index contributed by atoms with van der Waals surface area (Å²) in [6, 6.07) is 4.96. The van der Waals surface area contributed by atoms with E-state index >= 15 is 0 Å². The second-order valence-corrected chi connectivity index (χ2v) is 9.06. The first kappa shape index (κ1) is 27.5. The Bertz CT molecular complexity index is 878. The molecule has 2 atom stereocenters. The Morgan fingerprint density at radius 1 is 1.32 bits per heavy atom. The number of ether oxygens (including phenoxy) is 1. The molecule has 1 aliphatic rings. The van der Waals surface area contributed by atoms with E-state index in [1.807, 2.05) is 13.0 Å². The van der Waals surface area contributed by atoms with Crippen molar-refractivity contribution in [1.82, 2.24) is 10.2 Å². The van der Waals surface area contributed by atoms with E-state index in [-0.39, 0.29) is 17.9 Å². The second kappa shape index (κ2) is 12.1. The number of nitrogens with zero attached hydrogens (tertiary/aromatic N) is 2. The summed E-state index contributed by atoms with van der Waals surface area (Å²) < 4.78 is 31.8. The van der Waals surface area contributed by atoms with Gasteiger partial charge in [0, 0.05) is 25.6 Å². The van der Waals surface area contributed by atoms with Crippen molar-refractivity contribution in [2.24, 2.45) is 16.6 Å². The van der Waals surface area contributed by atoms with Crippen LogP contribution in [0.2, 0.25) is 0 Å². The summed E-state index contributed by atoms with van der Waals surface area (Å²) in [4.78, 5) is 28.7. The van der Waals surface area contributed by atoms with Gasteiger partial charge >= 0.3 is 11.8 Å². The molecule has 10 heteroatoms. The quantitative estimate of drug-likeness (QED) is 0.283. The monoisotopic (exact) mass is 482 g/mol. The largest absolute Gasteiger partial charge is 0.494 e. The molecule has 0 spiro atoms. The number of amides is 2. The number of hydrogen-bond donors (Lipinski definition) is 3. The Labute approximate surface area is 199 Å². The van der Waals surface area contributed by atoms with Gasteiger partial charge in [0.05, 0.1) is 18.8 Å². The van der Waals surface area contributed by atoms with Crippen LogP contribution in [0.25, 0.3) is 0 Å². The fourth-order valence-corrected chi connectivity index (χ4v) is 3.67. The third-order valence-corrected chi connectivity index (χ3v) is 6.08. The van der Waals surface area contributed by atoms with Gasteiger partial charge in [-0.25, -0.2) is 0 Å². The van der Waals surface area contributed by atoms with Gasteiger partial charge in [0.1, 0.15) is 5.75 Å². The molecular weight excluding hydrogens is 446 g/mol. The average Bonchev–Trinajstić information content (AvgIpc) is 2.76. The predicted octanol–water partition coefficient (Wildman–Crippen LogP) is 2.86. The van der Waals surface area contributed by atoms with E-state index in [1.54, 1.807) is 30.9 Å². The summed E-state index contributed by atoms with van der Waals surface area (Å²) in [5.74, 6) is -4.29. The number of alkyl halides is 2. The van der Waals surface area contributed by atoms with Crippen molar-refractivity contribution in [1.29, 1.82) is 0 Å². The Morgan fingerprint density at radius 3 is 2.53 bits per heavy atom. The molecular formula is C24H36F2N4O4. The van der Waals surface area contributed by atoms with Crippen molar-refractivity contribution in [2.75, 3.05) is 19.7 Å². The number of aryl methyl sites for hydroxylation is 1. The van der Waals surface area contributed by atoms with Crippen LogP contribution in [0.15, 0.2) is 23.2 Å². The van der Waals surface area contributed by atoms with Crippen molar-refractivity contribution in [2.45, 2.75) is 71.4 Å². The number of hydrogen-bond acceptors (Lipinski definition) is 4. The zero-order valence-corrected chi connectivity index (χ0v) is 20.3. The van der Waals surface area contributed by atoms with E-state index in [9.17, 15) is 23.5 Å². The Balaban J connectivity index is 1.73. The molecule has 2 rings (SSSR count). The maximum Gasteiger partial charge on any atom is 0.324 e. The molecule has 4 N–H and O–H groups in total. The maximum absolute atomic E-state index is 13.0. The molecule has 1 heterocycles. The van der Waals surface area contributed by atoms with E-state index in [2.05, 4.69) is 10.3 Å². The number of carbonyl (C=O) groups excluding carboxylic acids is 2. The third kappa shape index (κ3) is 8.23. The zero-order valence-electron chi connectivity index (χ0n) is 20.3. The van der Waals surface area contributed by atoms with Gasteiger partial charge in [0.2, 0.25) is 0 Å². The van der Waals surface area contributed by atoms with Crippen molar-refractivity contribution in [3.63, 3.8) is 0 Å². The molecule has 190 valence electrons. The van der Waals surface area contributed by atoms with E-state index in [4.69, 9.17) is 10.5 Å². The molecule has 34 heavy (non-hydrogen) atoms. The van der Waals surface area contributed by atoms with Gasteiger partial charge in [0.15, 0.2) is 5.96 Å². The van der Waals surface area contributed by atoms with Gasteiger partial charge in [-0.15, -0.1) is 0 Å². The molecule has 1 aromatic carbocycles. The lowest BCUT2D eigenvalue weighted by Gasteiger charge is -2.32. The van der Waals surface area contributed by atoms with Crippen LogP contribution in [0.5, 0.6) is 5.75 Å². The van der Waals surface area contributed by atoms with Crippen molar-refractivity contribution in [3.05, 3.63) is 29.3 Å². The highest BCUT2D eigenvalue weighted by molar-refractivity contribution is 5.96. The van der Waals surface area contributed by atoms with Crippen molar-refractivity contribution >= 4 is 17.8 Å². The zero-order chi connectivity index (χ0) is 25.5. The number of rotatable bonds is 9. The number of likely N-dealkylation sites (tertiary alicyclic amines) is 1. The summed E-state index contributed by atoms with van der Waals surface area (Å²) in [6.07, 6.45) is 2.83. The lowest BCUT2D eigenvalue weighted by Crippen LogP contribution is -2.44. The minimum Gasteiger partial charge on any atom is -0.494 e. The molecule has 2 unspecified atom stereocenters. The van der Waals surface area contributed by atoms with E-state index in [1.165, 1.54) is 0 Å². The van der Waals surface area contributed by atoms with Crippen molar-refractivity contribution < 1.29 is 28.2 Å². The number of piperidine rings is 1. The number of halogens is 2. The van der Waals surface area contributed by atoms with Gasteiger partial charge in [-0.3, -0.25) is 9.59 Å². The van der Waals surface area contributed by atoms with Gasteiger partial charge in [-0.1, -0.05) is 0 Å². The summed E-state index contributed by atoms with van der Waals surface area (Å²) in [6.45, 7) is 7.39. The molecule has 0 radical (unpaired) electrons. The third-order valence-electron chi connectivity index (χ3n) is 6.08. The number of aliphatic hydroxyl groups excluding tert-OH is 1. The molecule has 0 aromatic heterocycles. The molecule has 1 saturated heterocycles. The average molecular weight is 483 g/mol. The molecule has 2 amide bonds. The number of aliphatic hydroxyl groups is 1. The summed E-state index contributed by atoms with van der Waals surface area (Å²) in [5, 5.41) is 12.3. The van der Waals surface area contributed by atoms with Crippen LogP contribution >= 0.6 is 0 Å². The van der Waals surface area contributed by atoms with Crippen LogP contribution < -0.4 is 15.8 Å². The number of aliphatic imine (C=N–C) groups is 1.